The van der Waals surface area contributed by atoms with Crippen molar-refractivity contribution in [3.63, 3.8) is 0 Å². The highest BCUT2D eigenvalue weighted by Gasteiger charge is 2.23. The molecule has 6 heteroatoms. The van der Waals surface area contributed by atoms with E-state index in [4.69, 9.17) is 0 Å². The SMILES string of the molecule is CCCCCc1cc(-c2ccc(F)cc2)n(S(=O)(=O)c2ccc(C)cc2)n1. The zero-order chi connectivity index (χ0) is 19.4. The fourth-order valence-corrected chi connectivity index (χ4v) is 4.21. The van der Waals surface area contributed by atoms with E-state index in [1.54, 1.807) is 42.5 Å². The standard InChI is InChI=1S/C21H23FN2O2S/c1-3-4-5-6-19-15-21(17-9-11-18(22)12-10-17)24(23-19)27(25,26)20-13-7-16(2)8-14-20/h7-15H,3-6H2,1-2H3. The van der Waals surface area contributed by atoms with Gasteiger partial charge in [-0.25, -0.2) is 4.39 Å². The van der Waals surface area contributed by atoms with Gasteiger partial charge in [0.25, 0.3) is 10.0 Å². The van der Waals surface area contributed by atoms with E-state index in [1.807, 2.05) is 6.92 Å². The molecule has 0 N–H and O–H groups in total. The molecule has 0 fully saturated rings. The molecule has 1 heterocycles. The molecule has 2 aromatic carbocycles. The summed E-state index contributed by atoms with van der Waals surface area (Å²) in [7, 11) is -3.84. The lowest BCUT2D eigenvalue weighted by molar-refractivity contribution is 0.579. The maximum absolute atomic E-state index is 13.3. The van der Waals surface area contributed by atoms with Gasteiger partial charge in [-0.2, -0.15) is 17.6 Å². The van der Waals surface area contributed by atoms with Crippen LogP contribution in [0.1, 0.15) is 37.4 Å². The van der Waals surface area contributed by atoms with Crippen molar-refractivity contribution in [1.82, 2.24) is 9.19 Å². The Balaban J connectivity index is 2.08. The van der Waals surface area contributed by atoms with Gasteiger partial charge in [-0.1, -0.05) is 37.5 Å². The number of aromatic nitrogens is 2. The number of benzene rings is 2. The average Bonchev–Trinajstić information content (AvgIpc) is 3.08. The first kappa shape index (κ1) is 19.3. The molecule has 1 aromatic heterocycles. The van der Waals surface area contributed by atoms with E-state index in [0.717, 1.165) is 34.6 Å². The molecule has 0 unspecified atom stereocenters. The van der Waals surface area contributed by atoms with Gasteiger partial charge in [-0.3, -0.25) is 0 Å². The van der Waals surface area contributed by atoms with Crippen LogP contribution in [0.4, 0.5) is 4.39 Å². The monoisotopic (exact) mass is 386 g/mol. The number of unbranched alkanes of at least 4 members (excludes halogenated alkanes) is 2. The van der Waals surface area contributed by atoms with Crippen LogP contribution in [0.25, 0.3) is 11.3 Å². The second-order valence-corrected chi connectivity index (χ2v) is 8.41. The summed E-state index contributed by atoms with van der Waals surface area (Å²) in [6.45, 7) is 4.02. The van der Waals surface area contributed by atoms with Crippen LogP contribution >= 0.6 is 0 Å². The third-order valence-corrected chi connectivity index (χ3v) is 6.05. The number of rotatable bonds is 7. The zero-order valence-corrected chi connectivity index (χ0v) is 16.3. The zero-order valence-electron chi connectivity index (χ0n) is 15.5. The van der Waals surface area contributed by atoms with Crippen LogP contribution in [0.15, 0.2) is 59.5 Å². The van der Waals surface area contributed by atoms with E-state index in [1.165, 1.54) is 12.1 Å². The lowest BCUT2D eigenvalue weighted by Gasteiger charge is -2.09. The van der Waals surface area contributed by atoms with E-state index in [2.05, 4.69) is 12.0 Å². The molecule has 0 atom stereocenters. The first-order valence-electron chi connectivity index (χ1n) is 9.09. The van der Waals surface area contributed by atoms with Gasteiger partial charge in [-0.15, -0.1) is 0 Å². The van der Waals surface area contributed by atoms with E-state index in [-0.39, 0.29) is 10.7 Å². The lowest BCUT2D eigenvalue weighted by Crippen LogP contribution is -2.16. The molecule has 0 bridgehead atoms. The summed E-state index contributed by atoms with van der Waals surface area (Å²) in [4.78, 5) is 0.180. The van der Waals surface area contributed by atoms with Crippen LogP contribution in [0.2, 0.25) is 0 Å². The second kappa shape index (κ2) is 8.05. The Hall–Kier alpha value is -2.47. The summed E-state index contributed by atoms with van der Waals surface area (Å²) in [5.74, 6) is -0.366. The normalized spacial score (nSPS) is 11.7. The molecular formula is C21H23FN2O2S. The van der Waals surface area contributed by atoms with Gasteiger partial charge < -0.3 is 0 Å². The topological polar surface area (TPSA) is 52.0 Å². The van der Waals surface area contributed by atoms with Gasteiger partial charge in [-0.05, 0) is 62.2 Å². The maximum atomic E-state index is 13.3. The first-order chi connectivity index (χ1) is 12.9. The molecule has 0 saturated carbocycles. The number of halogens is 1. The Labute approximate surface area is 159 Å². The summed E-state index contributed by atoms with van der Waals surface area (Å²) in [6, 6.07) is 14.3. The molecule has 142 valence electrons. The highest BCUT2D eigenvalue weighted by atomic mass is 32.2. The van der Waals surface area contributed by atoms with Gasteiger partial charge in [0.1, 0.15) is 5.82 Å². The minimum absolute atomic E-state index is 0.180. The summed E-state index contributed by atoms with van der Waals surface area (Å²) < 4.78 is 40.7. The van der Waals surface area contributed by atoms with Crippen molar-refractivity contribution in [2.24, 2.45) is 0 Å². The third-order valence-electron chi connectivity index (χ3n) is 4.45. The van der Waals surface area contributed by atoms with Crippen LogP contribution < -0.4 is 0 Å². The minimum Gasteiger partial charge on any atom is -0.207 e. The Morgan fingerprint density at radius 3 is 2.30 bits per heavy atom. The predicted molar refractivity (Wildman–Crippen MR) is 105 cm³/mol. The molecule has 27 heavy (non-hydrogen) atoms. The third kappa shape index (κ3) is 4.27. The van der Waals surface area contributed by atoms with Gasteiger partial charge >= 0.3 is 0 Å². The van der Waals surface area contributed by atoms with Gasteiger partial charge in [0.2, 0.25) is 0 Å². The van der Waals surface area contributed by atoms with Crippen LogP contribution in [-0.2, 0) is 16.4 Å². The summed E-state index contributed by atoms with van der Waals surface area (Å²) in [6.07, 6.45) is 3.79. The van der Waals surface area contributed by atoms with Crippen molar-refractivity contribution < 1.29 is 12.8 Å². The molecule has 0 aliphatic carbocycles. The van der Waals surface area contributed by atoms with Crippen molar-refractivity contribution >= 4 is 10.0 Å². The minimum atomic E-state index is -3.84. The smallest absolute Gasteiger partial charge is 0.207 e. The van der Waals surface area contributed by atoms with Crippen LogP contribution in [0.3, 0.4) is 0 Å². The quantitative estimate of drug-likeness (QED) is 0.539. The van der Waals surface area contributed by atoms with E-state index in [0.29, 0.717) is 17.7 Å². The van der Waals surface area contributed by atoms with Crippen molar-refractivity contribution in [2.45, 2.75) is 44.4 Å². The highest BCUT2D eigenvalue weighted by molar-refractivity contribution is 7.90. The molecule has 0 aliphatic heterocycles. The Kier molecular flexibility index (Phi) is 5.75. The maximum Gasteiger partial charge on any atom is 0.283 e. The average molecular weight is 386 g/mol. The number of aryl methyl sites for hydroxylation is 2. The molecule has 0 amide bonds. The Morgan fingerprint density at radius 1 is 1.00 bits per heavy atom. The number of hydrogen-bond donors (Lipinski definition) is 0. The largest absolute Gasteiger partial charge is 0.283 e. The highest BCUT2D eigenvalue weighted by Crippen LogP contribution is 2.26. The summed E-state index contributed by atoms with van der Waals surface area (Å²) >= 11 is 0. The van der Waals surface area contributed by atoms with Crippen molar-refractivity contribution in [3.8, 4) is 11.3 Å². The van der Waals surface area contributed by atoms with E-state index >= 15 is 0 Å². The second-order valence-electron chi connectivity index (χ2n) is 6.65. The molecule has 3 rings (SSSR count). The molecular weight excluding hydrogens is 363 g/mol. The fraction of sp³-hybridized carbons (Fsp3) is 0.286. The van der Waals surface area contributed by atoms with Crippen LogP contribution in [0.5, 0.6) is 0 Å². The molecule has 0 radical (unpaired) electrons. The van der Waals surface area contributed by atoms with Crippen molar-refractivity contribution in [3.05, 3.63) is 71.7 Å². The molecule has 0 saturated heterocycles. The Bertz CT molecular complexity index is 1010. The van der Waals surface area contributed by atoms with E-state index < -0.39 is 10.0 Å². The van der Waals surface area contributed by atoms with Gasteiger partial charge in [0, 0.05) is 5.56 Å². The lowest BCUT2D eigenvalue weighted by atomic mass is 10.1. The number of nitrogens with zero attached hydrogens (tertiary/aromatic N) is 2. The first-order valence-corrected chi connectivity index (χ1v) is 10.5. The summed E-state index contributed by atoms with van der Waals surface area (Å²) in [5.41, 5.74) is 2.76. The molecule has 4 nitrogen and oxygen atoms in total. The molecule has 0 aliphatic rings. The fourth-order valence-electron chi connectivity index (χ4n) is 2.90. The van der Waals surface area contributed by atoms with Crippen LogP contribution in [0, 0.1) is 12.7 Å². The summed E-state index contributed by atoms with van der Waals surface area (Å²) in [5, 5.41) is 4.39. The van der Waals surface area contributed by atoms with Gasteiger partial charge in [0.05, 0.1) is 16.3 Å². The van der Waals surface area contributed by atoms with E-state index in [9.17, 15) is 12.8 Å². The van der Waals surface area contributed by atoms with Gasteiger partial charge in [0.15, 0.2) is 0 Å². The molecule has 3 aromatic rings. The predicted octanol–water partition coefficient (Wildman–Crippen LogP) is 4.97. The van der Waals surface area contributed by atoms with Crippen LogP contribution in [-0.4, -0.2) is 17.6 Å². The molecule has 0 spiro atoms. The Morgan fingerprint density at radius 2 is 1.67 bits per heavy atom. The number of hydrogen-bond acceptors (Lipinski definition) is 3. The van der Waals surface area contributed by atoms with Crippen molar-refractivity contribution in [1.29, 1.82) is 0 Å². The van der Waals surface area contributed by atoms with Crippen molar-refractivity contribution in [2.75, 3.05) is 0 Å².